The monoisotopic (exact) mass is 548 g/mol. The van der Waals surface area contributed by atoms with Crippen molar-refractivity contribution in [3.63, 3.8) is 0 Å². The minimum atomic E-state index is -2.19. The summed E-state index contributed by atoms with van der Waals surface area (Å²) in [7, 11) is -2.19. The zero-order chi connectivity index (χ0) is 27.9. The lowest BCUT2D eigenvalue weighted by atomic mass is 10.1. The van der Waals surface area contributed by atoms with Gasteiger partial charge in [0.25, 0.3) is 5.56 Å². The Hall–Kier alpha value is -3.14. The molecular weight excluding hydrogens is 508 g/mol. The normalized spacial score (nSPS) is 22.6. The summed E-state index contributed by atoms with van der Waals surface area (Å²) < 4.78 is 15.4. The average Bonchev–Trinajstić information content (AvgIpc) is 3.50. The summed E-state index contributed by atoms with van der Waals surface area (Å²) in [6.45, 7) is 14.6. The van der Waals surface area contributed by atoms with Crippen molar-refractivity contribution < 1.29 is 9.16 Å². The number of aryl methyl sites for hydroxylation is 1. The van der Waals surface area contributed by atoms with Gasteiger partial charge in [0.15, 0.2) is 8.32 Å². The Labute approximate surface area is 231 Å². The van der Waals surface area contributed by atoms with Gasteiger partial charge >= 0.3 is 5.69 Å². The summed E-state index contributed by atoms with van der Waals surface area (Å²) in [5.74, 6) is 0. The smallest absolute Gasteiger partial charge is 0.330 e. The first kappa shape index (κ1) is 27.4. The second kappa shape index (κ2) is 10.4. The molecule has 8 nitrogen and oxygen atoms in total. The molecule has 208 valence electrons. The molecular formula is C30H40N4O4Si. The Bertz CT molecular complexity index is 1350. The molecule has 9 heteroatoms. The van der Waals surface area contributed by atoms with E-state index >= 15 is 0 Å². The maximum Gasteiger partial charge on any atom is 0.330 e. The van der Waals surface area contributed by atoms with E-state index in [-0.39, 0.29) is 29.0 Å². The van der Waals surface area contributed by atoms with Crippen LogP contribution in [-0.2, 0) is 9.16 Å². The molecule has 0 amide bonds. The van der Waals surface area contributed by atoms with Gasteiger partial charge in [0.2, 0.25) is 0 Å². The second-order valence-corrected chi connectivity index (χ2v) is 16.9. The van der Waals surface area contributed by atoms with Crippen molar-refractivity contribution in [2.24, 2.45) is 0 Å². The molecule has 3 atom stereocenters. The number of aromatic nitrogens is 2. The van der Waals surface area contributed by atoms with E-state index < -0.39 is 20.2 Å². The summed E-state index contributed by atoms with van der Waals surface area (Å²) >= 11 is 0. The van der Waals surface area contributed by atoms with Crippen LogP contribution in [0.1, 0.15) is 39.0 Å². The van der Waals surface area contributed by atoms with Gasteiger partial charge in [-0.15, -0.1) is 0 Å². The number of aromatic amines is 1. The number of hydrogen-bond acceptors (Lipinski definition) is 6. The molecule has 0 radical (unpaired) electrons. The van der Waals surface area contributed by atoms with Crippen LogP contribution >= 0.6 is 0 Å². The molecule has 2 fully saturated rings. The third-order valence-electron chi connectivity index (χ3n) is 8.51. The summed E-state index contributed by atoms with van der Waals surface area (Å²) in [6.07, 6.45) is 0.847. The lowest BCUT2D eigenvalue weighted by molar-refractivity contribution is -0.0294. The van der Waals surface area contributed by atoms with Crippen LogP contribution in [0.15, 0.2) is 76.4 Å². The number of anilines is 2. The SMILES string of the molecule is Cc1cn(C2CC(O[Si](C)(C)C(C)(C)C)C(C3N(c4ccccc4)CCN3c3ccccc3)O2)c(=O)[nH]c1=O. The van der Waals surface area contributed by atoms with Gasteiger partial charge < -0.3 is 19.0 Å². The number of rotatable bonds is 6. The van der Waals surface area contributed by atoms with Crippen molar-refractivity contribution in [3.05, 3.63) is 93.3 Å². The molecule has 1 aromatic heterocycles. The third kappa shape index (κ3) is 5.35. The molecule has 3 heterocycles. The number of hydrogen-bond donors (Lipinski definition) is 1. The minimum absolute atomic E-state index is 0.00889. The largest absolute Gasteiger partial charge is 0.411 e. The molecule has 2 aromatic carbocycles. The van der Waals surface area contributed by atoms with E-state index in [9.17, 15) is 9.59 Å². The van der Waals surface area contributed by atoms with Gasteiger partial charge in [-0.2, -0.15) is 0 Å². The standard InChI is InChI=1S/C30H40N4O4Si/c1-21-20-34(29(36)31-27(21)35)25-19-24(38-39(5,6)30(2,3)4)26(37-25)28-32(22-13-9-7-10-14-22)17-18-33(28)23-15-11-8-12-16-23/h7-16,20,24-26,28H,17-19H2,1-6H3,(H,31,35,36). The van der Waals surface area contributed by atoms with E-state index in [1.165, 1.54) is 4.57 Å². The van der Waals surface area contributed by atoms with Gasteiger partial charge in [0, 0.05) is 42.6 Å². The highest BCUT2D eigenvalue weighted by atomic mass is 28.4. The van der Waals surface area contributed by atoms with E-state index in [1.807, 2.05) is 12.1 Å². The van der Waals surface area contributed by atoms with E-state index in [0.717, 1.165) is 24.5 Å². The molecule has 2 saturated heterocycles. The van der Waals surface area contributed by atoms with Gasteiger partial charge in [-0.3, -0.25) is 14.3 Å². The molecule has 0 bridgehead atoms. The van der Waals surface area contributed by atoms with Crippen LogP contribution in [0, 0.1) is 6.92 Å². The Balaban J connectivity index is 1.59. The Morgan fingerprint density at radius 1 is 0.923 bits per heavy atom. The first-order valence-electron chi connectivity index (χ1n) is 13.7. The summed E-state index contributed by atoms with van der Waals surface area (Å²) in [5, 5.41) is 0.00889. The fourth-order valence-corrected chi connectivity index (χ4v) is 6.72. The number of H-pyrrole nitrogens is 1. The molecule has 2 aliphatic heterocycles. The Morgan fingerprint density at radius 3 is 1.97 bits per heavy atom. The highest BCUT2D eigenvalue weighted by Gasteiger charge is 2.51. The van der Waals surface area contributed by atoms with Crippen LogP contribution in [0.5, 0.6) is 0 Å². The summed E-state index contributed by atoms with van der Waals surface area (Å²) in [6, 6.07) is 20.8. The lowest BCUT2D eigenvalue weighted by Crippen LogP contribution is -2.55. The van der Waals surface area contributed by atoms with Crippen LogP contribution in [0.2, 0.25) is 18.1 Å². The third-order valence-corrected chi connectivity index (χ3v) is 13.0. The fraction of sp³-hybridized carbons (Fsp3) is 0.467. The predicted octanol–water partition coefficient (Wildman–Crippen LogP) is 4.88. The first-order chi connectivity index (χ1) is 18.5. The molecule has 0 saturated carbocycles. The van der Waals surface area contributed by atoms with Crippen LogP contribution in [0.4, 0.5) is 11.4 Å². The van der Waals surface area contributed by atoms with Crippen molar-refractivity contribution in [3.8, 4) is 0 Å². The quantitative estimate of drug-likeness (QED) is 0.443. The van der Waals surface area contributed by atoms with Crippen LogP contribution < -0.4 is 21.0 Å². The average molecular weight is 549 g/mol. The van der Waals surface area contributed by atoms with Crippen molar-refractivity contribution in [1.82, 2.24) is 9.55 Å². The molecule has 5 rings (SSSR count). The minimum Gasteiger partial charge on any atom is -0.411 e. The lowest BCUT2D eigenvalue weighted by Gasteiger charge is -2.43. The fourth-order valence-electron chi connectivity index (χ4n) is 5.37. The summed E-state index contributed by atoms with van der Waals surface area (Å²) in [4.78, 5) is 32.2. The van der Waals surface area contributed by atoms with Gasteiger partial charge in [-0.05, 0) is 49.3 Å². The first-order valence-corrected chi connectivity index (χ1v) is 16.7. The Morgan fingerprint density at radius 2 is 1.46 bits per heavy atom. The zero-order valence-corrected chi connectivity index (χ0v) is 24.8. The van der Waals surface area contributed by atoms with Crippen molar-refractivity contribution in [2.45, 2.75) is 76.8 Å². The number of ether oxygens (including phenoxy) is 1. The van der Waals surface area contributed by atoms with Gasteiger partial charge in [0.1, 0.15) is 18.5 Å². The maximum atomic E-state index is 12.9. The van der Waals surface area contributed by atoms with E-state index in [4.69, 9.17) is 9.16 Å². The summed E-state index contributed by atoms with van der Waals surface area (Å²) in [5.41, 5.74) is 1.88. The van der Waals surface area contributed by atoms with Crippen LogP contribution in [0.25, 0.3) is 0 Å². The topological polar surface area (TPSA) is 79.8 Å². The van der Waals surface area contributed by atoms with Crippen LogP contribution in [-0.4, -0.2) is 49.3 Å². The molecule has 0 aliphatic carbocycles. The van der Waals surface area contributed by atoms with Crippen LogP contribution in [0.3, 0.4) is 0 Å². The number of nitrogens with zero attached hydrogens (tertiary/aromatic N) is 3. The number of para-hydroxylation sites is 2. The van der Waals surface area contributed by atoms with E-state index in [2.05, 4.69) is 97.2 Å². The van der Waals surface area contributed by atoms with E-state index in [0.29, 0.717) is 12.0 Å². The molecule has 3 unspecified atom stereocenters. The van der Waals surface area contributed by atoms with Crippen molar-refractivity contribution in [1.29, 1.82) is 0 Å². The maximum absolute atomic E-state index is 12.9. The van der Waals surface area contributed by atoms with E-state index in [1.54, 1.807) is 13.1 Å². The zero-order valence-electron chi connectivity index (χ0n) is 23.8. The second-order valence-electron chi connectivity index (χ2n) is 12.2. The molecule has 39 heavy (non-hydrogen) atoms. The number of nitrogens with one attached hydrogen (secondary N) is 1. The molecule has 2 aliphatic rings. The highest BCUT2D eigenvalue weighted by molar-refractivity contribution is 6.74. The molecule has 3 aromatic rings. The Kier molecular flexibility index (Phi) is 7.34. The van der Waals surface area contributed by atoms with Gasteiger partial charge in [-0.25, -0.2) is 4.79 Å². The van der Waals surface area contributed by atoms with Gasteiger partial charge in [-0.1, -0.05) is 57.2 Å². The van der Waals surface area contributed by atoms with Crippen molar-refractivity contribution >= 4 is 19.7 Å². The van der Waals surface area contributed by atoms with Crippen molar-refractivity contribution in [2.75, 3.05) is 22.9 Å². The highest BCUT2D eigenvalue weighted by Crippen LogP contribution is 2.44. The number of benzene rings is 2. The van der Waals surface area contributed by atoms with Gasteiger partial charge in [0.05, 0.1) is 6.10 Å². The molecule has 0 spiro atoms. The molecule has 1 N–H and O–H groups in total. The predicted molar refractivity (Wildman–Crippen MR) is 158 cm³/mol.